The SMILES string of the molecule is COc1ccccc1-c1cc(-c2cccc(N)c2)c2c(N)c(C(N)=O)sc2n1. The minimum absolute atomic E-state index is 0.296. The van der Waals surface area contributed by atoms with Crippen LogP contribution >= 0.6 is 11.3 Å². The van der Waals surface area contributed by atoms with E-state index < -0.39 is 5.91 Å². The van der Waals surface area contributed by atoms with Crippen molar-refractivity contribution in [2.75, 3.05) is 18.6 Å². The summed E-state index contributed by atoms with van der Waals surface area (Å²) in [7, 11) is 1.62. The van der Waals surface area contributed by atoms with Crippen molar-refractivity contribution in [3.05, 3.63) is 59.5 Å². The van der Waals surface area contributed by atoms with Gasteiger partial charge in [-0.2, -0.15) is 0 Å². The number of anilines is 2. The van der Waals surface area contributed by atoms with E-state index in [9.17, 15) is 4.79 Å². The number of hydrogen-bond donors (Lipinski definition) is 3. The first-order chi connectivity index (χ1) is 13.5. The summed E-state index contributed by atoms with van der Waals surface area (Å²) in [5, 5.41) is 0.697. The highest BCUT2D eigenvalue weighted by molar-refractivity contribution is 7.21. The van der Waals surface area contributed by atoms with E-state index in [1.807, 2.05) is 54.6 Å². The normalized spacial score (nSPS) is 10.9. The summed E-state index contributed by atoms with van der Waals surface area (Å²) >= 11 is 1.18. The molecule has 4 rings (SSSR count). The molecule has 2 heterocycles. The average Bonchev–Trinajstić information content (AvgIpc) is 3.04. The second kappa shape index (κ2) is 6.86. The van der Waals surface area contributed by atoms with Crippen molar-refractivity contribution >= 4 is 38.8 Å². The van der Waals surface area contributed by atoms with Gasteiger partial charge in [0.15, 0.2) is 0 Å². The van der Waals surface area contributed by atoms with Gasteiger partial charge < -0.3 is 21.9 Å². The maximum absolute atomic E-state index is 11.8. The number of hydrogen-bond acceptors (Lipinski definition) is 6. The van der Waals surface area contributed by atoms with Gasteiger partial charge in [-0.05, 0) is 41.5 Å². The number of fused-ring (bicyclic) bond motifs is 1. The molecule has 28 heavy (non-hydrogen) atoms. The van der Waals surface area contributed by atoms with Crippen LogP contribution in [0.3, 0.4) is 0 Å². The average molecular weight is 390 g/mol. The maximum Gasteiger partial charge on any atom is 0.260 e. The minimum atomic E-state index is -0.571. The molecule has 140 valence electrons. The Morgan fingerprint density at radius 1 is 1.04 bits per heavy atom. The van der Waals surface area contributed by atoms with Crippen LogP contribution in [0.25, 0.3) is 32.6 Å². The largest absolute Gasteiger partial charge is 0.496 e. The van der Waals surface area contributed by atoms with Gasteiger partial charge in [-0.25, -0.2) is 4.98 Å². The second-order valence-electron chi connectivity index (χ2n) is 6.27. The van der Waals surface area contributed by atoms with E-state index >= 15 is 0 Å². The number of rotatable bonds is 4. The number of benzene rings is 2. The fourth-order valence-electron chi connectivity index (χ4n) is 3.23. The fraction of sp³-hybridized carbons (Fsp3) is 0.0476. The third-order valence-electron chi connectivity index (χ3n) is 4.50. The highest BCUT2D eigenvalue weighted by Gasteiger charge is 2.21. The van der Waals surface area contributed by atoms with Crippen molar-refractivity contribution in [1.82, 2.24) is 4.98 Å². The number of para-hydroxylation sites is 1. The molecular formula is C21H18N4O2S. The van der Waals surface area contributed by atoms with Gasteiger partial charge in [0.1, 0.15) is 15.5 Å². The van der Waals surface area contributed by atoms with Gasteiger partial charge >= 0.3 is 0 Å². The molecule has 0 aliphatic rings. The summed E-state index contributed by atoms with van der Waals surface area (Å²) in [5.74, 6) is 0.130. The first-order valence-corrected chi connectivity index (χ1v) is 9.33. The maximum atomic E-state index is 11.8. The minimum Gasteiger partial charge on any atom is -0.496 e. The topological polar surface area (TPSA) is 117 Å². The van der Waals surface area contributed by atoms with Crippen LogP contribution in [0.4, 0.5) is 11.4 Å². The number of pyridine rings is 1. The highest BCUT2D eigenvalue weighted by Crippen LogP contribution is 2.42. The Morgan fingerprint density at radius 2 is 1.82 bits per heavy atom. The van der Waals surface area contributed by atoms with Gasteiger partial charge in [-0.1, -0.05) is 24.3 Å². The molecule has 0 bridgehead atoms. The number of amides is 1. The quantitative estimate of drug-likeness (QED) is 0.457. The number of ether oxygens (including phenoxy) is 1. The summed E-state index contributed by atoms with van der Waals surface area (Å²) < 4.78 is 5.49. The zero-order chi connectivity index (χ0) is 19.8. The smallest absolute Gasteiger partial charge is 0.260 e. The number of primary amides is 1. The van der Waals surface area contributed by atoms with Gasteiger partial charge in [0.2, 0.25) is 0 Å². The van der Waals surface area contributed by atoms with Crippen molar-refractivity contribution in [3.63, 3.8) is 0 Å². The van der Waals surface area contributed by atoms with Crippen LogP contribution in [0.5, 0.6) is 5.75 Å². The molecule has 2 aromatic heterocycles. The number of carbonyl (C=O) groups excluding carboxylic acids is 1. The van der Waals surface area contributed by atoms with E-state index in [0.717, 1.165) is 16.7 Å². The van der Waals surface area contributed by atoms with E-state index in [2.05, 4.69) is 0 Å². The molecule has 1 amide bonds. The van der Waals surface area contributed by atoms with Crippen molar-refractivity contribution in [2.45, 2.75) is 0 Å². The summed E-state index contributed by atoms with van der Waals surface area (Å²) in [6.07, 6.45) is 0. The Morgan fingerprint density at radius 3 is 2.54 bits per heavy atom. The molecule has 0 fully saturated rings. The van der Waals surface area contributed by atoms with Crippen LogP contribution in [0.1, 0.15) is 9.67 Å². The Balaban J connectivity index is 2.08. The molecule has 0 unspecified atom stereocenters. The molecule has 6 N–H and O–H groups in total. The van der Waals surface area contributed by atoms with Crippen LogP contribution in [-0.4, -0.2) is 18.0 Å². The zero-order valence-electron chi connectivity index (χ0n) is 15.1. The predicted molar refractivity (Wildman–Crippen MR) is 114 cm³/mol. The lowest BCUT2D eigenvalue weighted by Gasteiger charge is -2.11. The molecule has 0 aliphatic carbocycles. The molecule has 7 heteroatoms. The Hall–Kier alpha value is -3.58. The molecule has 0 saturated carbocycles. The summed E-state index contributed by atoms with van der Waals surface area (Å²) in [6, 6.07) is 17.0. The van der Waals surface area contributed by atoms with Gasteiger partial charge in [-0.15, -0.1) is 11.3 Å². The summed E-state index contributed by atoms with van der Waals surface area (Å²) in [6.45, 7) is 0. The molecule has 4 aromatic rings. The third kappa shape index (κ3) is 2.91. The van der Waals surface area contributed by atoms with Gasteiger partial charge in [0.25, 0.3) is 5.91 Å². The van der Waals surface area contributed by atoms with Crippen LogP contribution < -0.4 is 21.9 Å². The summed E-state index contributed by atoms with van der Waals surface area (Å²) in [5.41, 5.74) is 22.0. The Bertz CT molecular complexity index is 1220. The first kappa shape index (κ1) is 17.8. The Kier molecular flexibility index (Phi) is 4.37. The first-order valence-electron chi connectivity index (χ1n) is 8.51. The standard InChI is InChI=1S/C21H18N4O2S/c1-27-16-8-3-2-7-13(16)15-10-14(11-5-4-6-12(22)9-11)17-18(23)19(20(24)26)28-21(17)25-15/h2-10H,22-23H2,1H3,(H2,24,26). The molecule has 0 saturated heterocycles. The van der Waals surface area contributed by atoms with Crippen molar-refractivity contribution in [2.24, 2.45) is 5.73 Å². The Labute approximate surface area is 165 Å². The van der Waals surface area contributed by atoms with E-state index in [1.54, 1.807) is 7.11 Å². The molecule has 6 nitrogen and oxygen atoms in total. The zero-order valence-corrected chi connectivity index (χ0v) is 15.9. The van der Waals surface area contributed by atoms with Gasteiger partial charge in [-0.3, -0.25) is 4.79 Å². The molecular weight excluding hydrogens is 372 g/mol. The molecule has 0 radical (unpaired) electrons. The number of aromatic nitrogens is 1. The predicted octanol–water partition coefficient (Wildman–Crippen LogP) is 3.90. The monoisotopic (exact) mass is 390 g/mol. The lowest BCUT2D eigenvalue weighted by atomic mass is 9.99. The van der Waals surface area contributed by atoms with Gasteiger partial charge in [0, 0.05) is 16.6 Å². The van der Waals surface area contributed by atoms with Crippen LogP contribution in [0.2, 0.25) is 0 Å². The van der Waals surface area contributed by atoms with Crippen LogP contribution in [0.15, 0.2) is 54.6 Å². The van der Waals surface area contributed by atoms with Crippen molar-refractivity contribution < 1.29 is 9.53 Å². The summed E-state index contributed by atoms with van der Waals surface area (Å²) in [4.78, 5) is 17.5. The number of nitrogens with zero attached hydrogens (tertiary/aromatic N) is 1. The van der Waals surface area contributed by atoms with Crippen molar-refractivity contribution in [1.29, 1.82) is 0 Å². The molecule has 0 aliphatic heterocycles. The van der Waals surface area contributed by atoms with E-state index in [-0.39, 0.29) is 0 Å². The number of nitrogen functional groups attached to an aromatic ring is 2. The molecule has 2 aromatic carbocycles. The second-order valence-corrected chi connectivity index (χ2v) is 7.27. The molecule has 0 spiro atoms. The van der Waals surface area contributed by atoms with Gasteiger partial charge in [0.05, 0.1) is 18.5 Å². The van der Waals surface area contributed by atoms with Crippen molar-refractivity contribution in [3.8, 4) is 28.1 Å². The van der Waals surface area contributed by atoms with E-state index in [4.69, 9.17) is 26.9 Å². The number of carbonyl (C=O) groups is 1. The highest BCUT2D eigenvalue weighted by atomic mass is 32.1. The molecule has 0 atom stereocenters. The third-order valence-corrected chi connectivity index (χ3v) is 5.62. The van der Waals surface area contributed by atoms with E-state index in [0.29, 0.717) is 37.9 Å². The van der Waals surface area contributed by atoms with Crippen LogP contribution in [-0.2, 0) is 0 Å². The lowest BCUT2D eigenvalue weighted by molar-refractivity contribution is 0.100. The number of nitrogens with two attached hydrogens (primary N) is 3. The van der Waals surface area contributed by atoms with Crippen LogP contribution in [0, 0.1) is 0 Å². The lowest BCUT2D eigenvalue weighted by Crippen LogP contribution is -2.10. The van der Waals surface area contributed by atoms with E-state index in [1.165, 1.54) is 11.3 Å². The number of thiophene rings is 1. The fourth-order valence-corrected chi connectivity index (χ4v) is 4.20. The number of methoxy groups -OCH3 is 1.